The summed E-state index contributed by atoms with van der Waals surface area (Å²) in [4.78, 5) is 15.8. The van der Waals surface area contributed by atoms with E-state index < -0.39 is 5.97 Å². The lowest BCUT2D eigenvalue weighted by Gasteiger charge is -2.11. The van der Waals surface area contributed by atoms with Crippen molar-refractivity contribution in [2.75, 3.05) is 20.3 Å². The third-order valence-electron chi connectivity index (χ3n) is 3.71. The second-order valence-corrected chi connectivity index (χ2v) is 5.23. The molecular weight excluding hydrogens is 306 g/mol. The maximum atomic E-state index is 11.6. The van der Waals surface area contributed by atoms with E-state index in [0.717, 1.165) is 16.5 Å². The highest BCUT2D eigenvalue weighted by molar-refractivity contribution is 6.06. The normalized spacial score (nSPS) is 10.7. The van der Waals surface area contributed by atoms with Crippen molar-refractivity contribution in [3.63, 3.8) is 0 Å². The zero-order chi connectivity index (χ0) is 16.9. The van der Waals surface area contributed by atoms with E-state index in [1.165, 1.54) is 6.20 Å². The Morgan fingerprint density at radius 2 is 1.83 bits per heavy atom. The first-order chi connectivity index (χ1) is 11.7. The molecule has 0 saturated carbocycles. The average Bonchev–Trinajstić information content (AvgIpc) is 2.61. The van der Waals surface area contributed by atoms with Gasteiger partial charge in [0, 0.05) is 24.3 Å². The largest absolute Gasteiger partial charge is 0.491 e. The van der Waals surface area contributed by atoms with E-state index in [9.17, 15) is 9.90 Å². The second kappa shape index (κ2) is 7.10. The minimum atomic E-state index is -0.997. The van der Waals surface area contributed by atoms with Crippen molar-refractivity contribution in [1.82, 2.24) is 4.98 Å². The maximum Gasteiger partial charge on any atom is 0.337 e. The van der Waals surface area contributed by atoms with Crippen LogP contribution in [0.4, 0.5) is 0 Å². The molecule has 1 aromatic heterocycles. The summed E-state index contributed by atoms with van der Waals surface area (Å²) in [5.74, 6) is -0.283. The van der Waals surface area contributed by atoms with Crippen molar-refractivity contribution < 1.29 is 19.4 Å². The van der Waals surface area contributed by atoms with Crippen LogP contribution in [0.5, 0.6) is 5.75 Å². The molecule has 0 fully saturated rings. The summed E-state index contributed by atoms with van der Waals surface area (Å²) in [5, 5.41) is 10.3. The molecule has 0 aliphatic rings. The number of benzene rings is 2. The van der Waals surface area contributed by atoms with Crippen LogP contribution >= 0.6 is 0 Å². The number of fused-ring (bicyclic) bond motifs is 1. The van der Waals surface area contributed by atoms with E-state index in [2.05, 4.69) is 4.98 Å². The standard InChI is InChI=1S/C19H17NO4/c1-23-10-11-24-14-8-6-13(7-9-14)18-15-4-2-3-5-17(15)20-12-16(18)19(21)22/h2-9,12H,10-11H2,1H3,(H,21,22). The van der Waals surface area contributed by atoms with E-state index in [0.29, 0.717) is 24.5 Å². The average molecular weight is 323 g/mol. The molecule has 24 heavy (non-hydrogen) atoms. The molecule has 3 rings (SSSR count). The van der Waals surface area contributed by atoms with Gasteiger partial charge in [0.05, 0.1) is 17.7 Å². The minimum absolute atomic E-state index is 0.182. The Hall–Kier alpha value is -2.92. The summed E-state index contributed by atoms with van der Waals surface area (Å²) in [6.07, 6.45) is 1.41. The third-order valence-corrected chi connectivity index (χ3v) is 3.71. The van der Waals surface area contributed by atoms with Crippen molar-refractivity contribution in [2.45, 2.75) is 0 Å². The zero-order valence-electron chi connectivity index (χ0n) is 13.2. The number of carboxylic acids is 1. The van der Waals surface area contributed by atoms with Gasteiger partial charge in [-0.25, -0.2) is 4.79 Å². The summed E-state index contributed by atoms with van der Waals surface area (Å²) >= 11 is 0. The minimum Gasteiger partial charge on any atom is -0.491 e. The van der Waals surface area contributed by atoms with Gasteiger partial charge in [0.15, 0.2) is 0 Å². The smallest absolute Gasteiger partial charge is 0.337 e. The van der Waals surface area contributed by atoms with E-state index in [1.54, 1.807) is 7.11 Å². The van der Waals surface area contributed by atoms with Gasteiger partial charge in [-0.1, -0.05) is 30.3 Å². The van der Waals surface area contributed by atoms with Crippen LogP contribution in [-0.4, -0.2) is 36.4 Å². The molecule has 0 spiro atoms. The number of ether oxygens (including phenoxy) is 2. The number of nitrogens with zero attached hydrogens (tertiary/aromatic N) is 1. The van der Waals surface area contributed by atoms with E-state index in [-0.39, 0.29) is 5.56 Å². The van der Waals surface area contributed by atoms with Crippen molar-refractivity contribution in [1.29, 1.82) is 0 Å². The quantitative estimate of drug-likeness (QED) is 0.702. The monoisotopic (exact) mass is 323 g/mol. The molecule has 0 atom stereocenters. The van der Waals surface area contributed by atoms with Gasteiger partial charge < -0.3 is 14.6 Å². The summed E-state index contributed by atoms with van der Waals surface area (Å²) < 4.78 is 10.5. The summed E-state index contributed by atoms with van der Waals surface area (Å²) in [6, 6.07) is 14.9. The number of pyridine rings is 1. The van der Waals surface area contributed by atoms with Gasteiger partial charge in [-0.05, 0) is 23.8 Å². The molecule has 5 heteroatoms. The second-order valence-electron chi connectivity index (χ2n) is 5.23. The molecule has 2 aromatic carbocycles. The number of hydrogen-bond donors (Lipinski definition) is 1. The Morgan fingerprint density at radius 3 is 2.54 bits per heavy atom. The van der Waals surface area contributed by atoms with Gasteiger partial charge in [0.1, 0.15) is 12.4 Å². The molecule has 5 nitrogen and oxygen atoms in total. The first-order valence-corrected chi connectivity index (χ1v) is 7.54. The Bertz CT molecular complexity index is 859. The van der Waals surface area contributed by atoms with Crippen molar-refractivity contribution in [3.8, 4) is 16.9 Å². The number of carbonyl (C=O) groups is 1. The van der Waals surface area contributed by atoms with Crippen molar-refractivity contribution in [2.24, 2.45) is 0 Å². The zero-order valence-corrected chi connectivity index (χ0v) is 13.2. The van der Waals surface area contributed by atoms with Crippen LogP contribution in [0.3, 0.4) is 0 Å². The van der Waals surface area contributed by atoms with Crippen LogP contribution in [0, 0.1) is 0 Å². The molecule has 0 aliphatic heterocycles. The molecule has 0 bridgehead atoms. The number of methoxy groups -OCH3 is 1. The number of aromatic carboxylic acids is 1. The third kappa shape index (κ3) is 3.21. The van der Waals surface area contributed by atoms with E-state index >= 15 is 0 Å². The first-order valence-electron chi connectivity index (χ1n) is 7.54. The topological polar surface area (TPSA) is 68.7 Å². The fraction of sp³-hybridized carbons (Fsp3) is 0.158. The van der Waals surface area contributed by atoms with Crippen LogP contribution in [0.2, 0.25) is 0 Å². The predicted molar refractivity (Wildman–Crippen MR) is 91.5 cm³/mol. The molecule has 0 saturated heterocycles. The molecule has 0 unspecified atom stereocenters. The Kier molecular flexibility index (Phi) is 4.72. The van der Waals surface area contributed by atoms with Crippen LogP contribution < -0.4 is 4.74 Å². The van der Waals surface area contributed by atoms with Crippen LogP contribution in [0.15, 0.2) is 54.7 Å². The van der Waals surface area contributed by atoms with Gasteiger partial charge in [-0.2, -0.15) is 0 Å². The fourth-order valence-electron chi connectivity index (χ4n) is 2.58. The van der Waals surface area contributed by atoms with E-state index in [4.69, 9.17) is 9.47 Å². The van der Waals surface area contributed by atoms with Crippen LogP contribution in [0.25, 0.3) is 22.0 Å². The fourth-order valence-corrected chi connectivity index (χ4v) is 2.58. The predicted octanol–water partition coefficient (Wildman–Crippen LogP) is 3.63. The summed E-state index contributed by atoms with van der Waals surface area (Å²) in [7, 11) is 1.62. The molecular formula is C19H17NO4. The van der Waals surface area contributed by atoms with Gasteiger partial charge >= 0.3 is 5.97 Å². The number of para-hydroxylation sites is 1. The highest BCUT2D eigenvalue weighted by Gasteiger charge is 2.16. The lowest BCUT2D eigenvalue weighted by atomic mass is 9.96. The Balaban J connectivity index is 2.04. The SMILES string of the molecule is COCCOc1ccc(-c2c(C(=O)O)cnc3ccccc23)cc1. The lowest BCUT2D eigenvalue weighted by Crippen LogP contribution is -2.04. The van der Waals surface area contributed by atoms with Crippen molar-refractivity contribution in [3.05, 3.63) is 60.3 Å². The van der Waals surface area contributed by atoms with Crippen LogP contribution in [0.1, 0.15) is 10.4 Å². The molecule has 0 amide bonds. The van der Waals surface area contributed by atoms with Gasteiger partial charge in [0.25, 0.3) is 0 Å². The van der Waals surface area contributed by atoms with Gasteiger partial charge in [-0.3, -0.25) is 4.98 Å². The Morgan fingerprint density at radius 1 is 1.08 bits per heavy atom. The van der Waals surface area contributed by atoms with Gasteiger partial charge in [0.2, 0.25) is 0 Å². The Labute approximate surface area is 139 Å². The maximum absolute atomic E-state index is 11.6. The summed E-state index contributed by atoms with van der Waals surface area (Å²) in [6.45, 7) is 0.980. The molecule has 0 radical (unpaired) electrons. The molecule has 1 heterocycles. The van der Waals surface area contributed by atoms with Gasteiger partial charge in [-0.15, -0.1) is 0 Å². The molecule has 1 N–H and O–H groups in total. The number of aromatic nitrogens is 1. The molecule has 0 aliphatic carbocycles. The molecule has 3 aromatic rings. The number of carboxylic acid groups (broad SMARTS) is 1. The highest BCUT2D eigenvalue weighted by atomic mass is 16.5. The van der Waals surface area contributed by atoms with Crippen molar-refractivity contribution >= 4 is 16.9 Å². The van der Waals surface area contributed by atoms with E-state index in [1.807, 2.05) is 48.5 Å². The first kappa shape index (κ1) is 16.0. The number of hydrogen-bond acceptors (Lipinski definition) is 4. The lowest BCUT2D eigenvalue weighted by molar-refractivity contribution is 0.0697. The number of rotatable bonds is 6. The summed E-state index contributed by atoms with van der Waals surface area (Å²) in [5.41, 5.74) is 2.42. The highest BCUT2D eigenvalue weighted by Crippen LogP contribution is 2.32. The molecule has 122 valence electrons. The van der Waals surface area contributed by atoms with Crippen LogP contribution in [-0.2, 0) is 4.74 Å².